The lowest BCUT2D eigenvalue weighted by atomic mass is 10.1. The minimum atomic E-state index is -0.0685. The second-order valence-electron chi connectivity index (χ2n) is 6.02. The van der Waals surface area contributed by atoms with E-state index in [1.54, 1.807) is 33.4 Å². The summed E-state index contributed by atoms with van der Waals surface area (Å²) in [4.78, 5) is 20.8. The fourth-order valence-corrected chi connectivity index (χ4v) is 2.88. The third-order valence-electron chi connectivity index (χ3n) is 4.36. The standard InChI is InChI=1S/C20H22N4O3/c1-12-15(8-11-22-20(12)25)23-13(2)16-9-10-21-19(24-16)14-6-5-7-17(26-3)18(14)27-4/h5-7,9-10,23H,2,8,11H2,1,3-4H3,(H,22,25). The van der Waals surface area contributed by atoms with Gasteiger partial charge in [0.15, 0.2) is 17.3 Å². The number of para-hydroxylation sites is 1. The predicted octanol–water partition coefficient (Wildman–Crippen LogP) is 2.52. The first-order chi connectivity index (χ1) is 13.0. The number of hydrogen-bond acceptors (Lipinski definition) is 6. The van der Waals surface area contributed by atoms with Crippen molar-refractivity contribution in [3.05, 3.63) is 54.0 Å². The highest BCUT2D eigenvalue weighted by atomic mass is 16.5. The van der Waals surface area contributed by atoms with Crippen molar-refractivity contribution in [2.45, 2.75) is 13.3 Å². The van der Waals surface area contributed by atoms with Crippen LogP contribution in [0.4, 0.5) is 0 Å². The van der Waals surface area contributed by atoms with Gasteiger partial charge >= 0.3 is 0 Å². The van der Waals surface area contributed by atoms with Crippen molar-refractivity contribution in [3.8, 4) is 22.9 Å². The Hall–Kier alpha value is -3.35. The average molecular weight is 366 g/mol. The lowest BCUT2D eigenvalue weighted by Crippen LogP contribution is -2.34. The molecule has 0 fully saturated rings. The number of nitrogens with zero attached hydrogens (tertiary/aromatic N) is 2. The highest BCUT2D eigenvalue weighted by Crippen LogP contribution is 2.36. The normalized spacial score (nSPS) is 13.8. The van der Waals surface area contributed by atoms with Crippen LogP contribution in [-0.4, -0.2) is 36.6 Å². The van der Waals surface area contributed by atoms with Gasteiger partial charge in [-0.1, -0.05) is 12.6 Å². The van der Waals surface area contributed by atoms with Gasteiger partial charge in [0.05, 0.1) is 31.2 Å². The van der Waals surface area contributed by atoms with Crippen LogP contribution in [0.5, 0.6) is 11.5 Å². The van der Waals surface area contributed by atoms with Crippen LogP contribution >= 0.6 is 0 Å². The van der Waals surface area contributed by atoms with Crippen molar-refractivity contribution in [3.63, 3.8) is 0 Å². The lowest BCUT2D eigenvalue weighted by molar-refractivity contribution is -0.117. The van der Waals surface area contributed by atoms with Crippen LogP contribution in [0.15, 0.2) is 48.3 Å². The van der Waals surface area contributed by atoms with Gasteiger partial charge in [0.25, 0.3) is 0 Å². The van der Waals surface area contributed by atoms with Crippen LogP contribution in [0.2, 0.25) is 0 Å². The van der Waals surface area contributed by atoms with Gasteiger partial charge in [-0.3, -0.25) is 4.79 Å². The van der Waals surface area contributed by atoms with Gasteiger partial charge in [-0.2, -0.15) is 0 Å². The van der Waals surface area contributed by atoms with Crippen molar-refractivity contribution < 1.29 is 14.3 Å². The molecule has 0 unspecified atom stereocenters. The Morgan fingerprint density at radius 2 is 2.07 bits per heavy atom. The van der Waals surface area contributed by atoms with E-state index in [2.05, 4.69) is 27.2 Å². The maximum atomic E-state index is 11.8. The smallest absolute Gasteiger partial charge is 0.248 e. The Morgan fingerprint density at radius 3 is 2.81 bits per heavy atom. The Bertz CT molecular complexity index is 921. The summed E-state index contributed by atoms with van der Waals surface area (Å²) in [7, 11) is 3.16. The van der Waals surface area contributed by atoms with Crippen molar-refractivity contribution in [2.24, 2.45) is 0 Å². The monoisotopic (exact) mass is 366 g/mol. The first kappa shape index (κ1) is 18.4. The van der Waals surface area contributed by atoms with E-state index < -0.39 is 0 Å². The molecular formula is C20H22N4O3. The SMILES string of the molecule is C=C(NC1=C(C)C(=O)NCC1)c1ccnc(-c2cccc(OC)c2OC)n1. The maximum absolute atomic E-state index is 11.8. The highest BCUT2D eigenvalue weighted by Gasteiger charge is 2.18. The lowest BCUT2D eigenvalue weighted by Gasteiger charge is -2.20. The Morgan fingerprint density at radius 1 is 1.26 bits per heavy atom. The summed E-state index contributed by atoms with van der Waals surface area (Å²) in [6.07, 6.45) is 2.39. The van der Waals surface area contributed by atoms with Crippen LogP contribution in [0.25, 0.3) is 17.1 Å². The molecule has 0 atom stereocenters. The van der Waals surface area contributed by atoms with E-state index in [1.165, 1.54) is 0 Å². The second-order valence-corrected chi connectivity index (χ2v) is 6.02. The van der Waals surface area contributed by atoms with Gasteiger partial charge in [0.2, 0.25) is 5.91 Å². The zero-order chi connectivity index (χ0) is 19.4. The van der Waals surface area contributed by atoms with Crippen molar-refractivity contribution in [1.29, 1.82) is 0 Å². The summed E-state index contributed by atoms with van der Waals surface area (Å²) in [6, 6.07) is 7.31. The zero-order valence-corrected chi connectivity index (χ0v) is 15.6. The fraction of sp³-hybridized carbons (Fsp3) is 0.250. The molecule has 0 spiro atoms. The van der Waals surface area contributed by atoms with Gasteiger partial charge in [0, 0.05) is 30.4 Å². The molecule has 3 rings (SSSR count). The number of amides is 1. The van der Waals surface area contributed by atoms with E-state index in [1.807, 2.05) is 18.2 Å². The van der Waals surface area contributed by atoms with Crippen LogP contribution in [0.3, 0.4) is 0 Å². The largest absolute Gasteiger partial charge is 0.493 e. The third-order valence-corrected chi connectivity index (χ3v) is 4.36. The predicted molar refractivity (Wildman–Crippen MR) is 103 cm³/mol. The molecule has 7 nitrogen and oxygen atoms in total. The molecule has 0 radical (unpaired) electrons. The zero-order valence-electron chi connectivity index (χ0n) is 15.6. The molecule has 2 aromatic rings. The van der Waals surface area contributed by atoms with Gasteiger partial charge in [-0.05, 0) is 25.1 Å². The molecule has 7 heteroatoms. The number of aromatic nitrogens is 2. The van der Waals surface area contributed by atoms with E-state index in [-0.39, 0.29) is 5.91 Å². The quantitative estimate of drug-likeness (QED) is 0.817. The number of nitrogens with one attached hydrogen (secondary N) is 2. The molecule has 1 aromatic heterocycles. The molecule has 0 aliphatic carbocycles. The summed E-state index contributed by atoms with van der Waals surface area (Å²) in [6.45, 7) is 6.45. The number of hydrogen-bond donors (Lipinski definition) is 2. The van der Waals surface area contributed by atoms with Crippen LogP contribution in [0, 0.1) is 0 Å². The average Bonchev–Trinajstić information content (AvgIpc) is 2.70. The molecule has 1 amide bonds. The summed E-state index contributed by atoms with van der Waals surface area (Å²) in [5.74, 6) is 1.60. The molecule has 1 aliphatic heterocycles. The molecule has 0 saturated heterocycles. The summed E-state index contributed by atoms with van der Waals surface area (Å²) < 4.78 is 10.8. The van der Waals surface area contributed by atoms with E-state index in [0.717, 1.165) is 17.7 Å². The highest BCUT2D eigenvalue weighted by molar-refractivity contribution is 5.94. The summed E-state index contributed by atoms with van der Waals surface area (Å²) >= 11 is 0. The second kappa shape index (κ2) is 7.90. The summed E-state index contributed by atoms with van der Waals surface area (Å²) in [5.41, 5.74) is 3.47. The van der Waals surface area contributed by atoms with Gasteiger partial charge < -0.3 is 20.1 Å². The summed E-state index contributed by atoms with van der Waals surface area (Å²) in [5, 5.41) is 6.03. The molecule has 27 heavy (non-hydrogen) atoms. The van der Waals surface area contributed by atoms with Crippen molar-refractivity contribution >= 4 is 11.6 Å². The Kier molecular flexibility index (Phi) is 5.40. The molecular weight excluding hydrogens is 344 g/mol. The first-order valence-electron chi connectivity index (χ1n) is 8.53. The number of carbonyl (C=O) groups excluding carboxylic acids is 1. The van der Waals surface area contributed by atoms with Crippen LogP contribution < -0.4 is 20.1 Å². The Balaban J connectivity index is 1.92. The number of carbonyl (C=O) groups is 1. The van der Waals surface area contributed by atoms with E-state index in [4.69, 9.17) is 9.47 Å². The van der Waals surface area contributed by atoms with Gasteiger partial charge in [-0.25, -0.2) is 9.97 Å². The van der Waals surface area contributed by atoms with Crippen molar-refractivity contribution in [2.75, 3.05) is 20.8 Å². The number of rotatable bonds is 6. The van der Waals surface area contributed by atoms with Gasteiger partial charge in [-0.15, -0.1) is 0 Å². The molecule has 2 N–H and O–H groups in total. The van der Waals surface area contributed by atoms with E-state index in [9.17, 15) is 4.79 Å². The third kappa shape index (κ3) is 3.76. The molecule has 2 heterocycles. The first-order valence-corrected chi connectivity index (χ1v) is 8.53. The minimum absolute atomic E-state index is 0.0685. The molecule has 1 aliphatic rings. The molecule has 140 valence electrons. The van der Waals surface area contributed by atoms with Crippen LogP contribution in [0.1, 0.15) is 19.0 Å². The van der Waals surface area contributed by atoms with Crippen molar-refractivity contribution in [1.82, 2.24) is 20.6 Å². The molecule has 0 saturated carbocycles. The van der Waals surface area contributed by atoms with E-state index in [0.29, 0.717) is 40.8 Å². The minimum Gasteiger partial charge on any atom is -0.493 e. The maximum Gasteiger partial charge on any atom is 0.248 e. The van der Waals surface area contributed by atoms with Crippen LogP contribution in [-0.2, 0) is 4.79 Å². The number of ether oxygens (including phenoxy) is 2. The van der Waals surface area contributed by atoms with Gasteiger partial charge in [0.1, 0.15) is 0 Å². The molecule has 1 aromatic carbocycles. The number of methoxy groups -OCH3 is 2. The number of benzene rings is 1. The molecule has 0 bridgehead atoms. The fourth-order valence-electron chi connectivity index (χ4n) is 2.88. The topological polar surface area (TPSA) is 85.4 Å². The van der Waals surface area contributed by atoms with E-state index >= 15 is 0 Å². The Labute approximate surface area is 158 Å².